The van der Waals surface area contributed by atoms with Crippen LogP contribution in [0, 0.1) is 5.92 Å². The standard InChI is InChI=1S/C23H33N3O2/c1-28-19-7-5-17(6-8-19)20-15-26(21(27)16-24-11-3-2-4-12-24)22-18-9-13-25(14-10-18)23(20)22/h5-8,18,20,22-23H,2-4,9-16H2,1H3/t20-,22+,23+/m0/s1. The molecule has 28 heavy (non-hydrogen) atoms. The molecule has 5 heterocycles. The Hall–Kier alpha value is -1.59. The molecule has 0 aromatic heterocycles. The van der Waals surface area contributed by atoms with Crippen LogP contribution in [0.1, 0.15) is 43.6 Å². The van der Waals surface area contributed by atoms with Gasteiger partial charge in [-0.15, -0.1) is 0 Å². The summed E-state index contributed by atoms with van der Waals surface area (Å²) in [4.78, 5) is 20.7. The highest BCUT2D eigenvalue weighted by atomic mass is 16.5. The minimum atomic E-state index is 0.363. The lowest BCUT2D eigenvalue weighted by Crippen LogP contribution is -2.61. The van der Waals surface area contributed by atoms with Crippen molar-refractivity contribution in [2.24, 2.45) is 5.92 Å². The van der Waals surface area contributed by atoms with E-state index in [1.807, 2.05) is 0 Å². The first-order chi connectivity index (χ1) is 13.7. The predicted molar refractivity (Wildman–Crippen MR) is 110 cm³/mol. The number of carbonyl (C=O) groups is 1. The van der Waals surface area contributed by atoms with E-state index in [4.69, 9.17) is 4.74 Å². The lowest BCUT2D eigenvalue weighted by Gasteiger charge is -2.51. The summed E-state index contributed by atoms with van der Waals surface area (Å²) < 4.78 is 5.35. The molecule has 5 fully saturated rings. The van der Waals surface area contributed by atoms with E-state index in [1.54, 1.807) is 7.11 Å². The number of rotatable bonds is 4. The van der Waals surface area contributed by atoms with Crippen molar-refractivity contribution in [2.75, 3.05) is 46.4 Å². The van der Waals surface area contributed by atoms with E-state index in [-0.39, 0.29) is 0 Å². The molecule has 5 heteroatoms. The molecule has 0 N–H and O–H groups in total. The summed E-state index contributed by atoms with van der Waals surface area (Å²) in [5.41, 5.74) is 1.36. The average molecular weight is 384 g/mol. The molecule has 0 spiro atoms. The topological polar surface area (TPSA) is 36.0 Å². The number of carbonyl (C=O) groups excluding carboxylic acids is 1. The van der Waals surface area contributed by atoms with Crippen LogP contribution in [-0.4, -0.2) is 79.1 Å². The molecule has 1 amide bonds. The van der Waals surface area contributed by atoms with Crippen LogP contribution in [0.15, 0.2) is 24.3 Å². The van der Waals surface area contributed by atoms with Gasteiger partial charge in [0.15, 0.2) is 0 Å². The van der Waals surface area contributed by atoms with Crippen LogP contribution in [0.5, 0.6) is 5.75 Å². The monoisotopic (exact) mass is 383 g/mol. The Morgan fingerprint density at radius 3 is 2.39 bits per heavy atom. The van der Waals surface area contributed by atoms with Crippen LogP contribution < -0.4 is 4.74 Å². The smallest absolute Gasteiger partial charge is 0.237 e. The van der Waals surface area contributed by atoms with Gasteiger partial charge in [-0.25, -0.2) is 0 Å². The molecule has 5 aliphatic rings. The van der Waals surface area contributed by atoms with Gasteiger partial charge in [-0.2, -0.15) is 0 Å². The van der Waals surface area contributed by atoms with Gasteiger partial charge in [0, 0.05) is 18.5 Å². The van der Waals surface area contributed by atoms with Crippen molar-refractivity contribution in [3.63, 3.8) is 0 Å². The van der Waals surface area contributed by atoms with Crippen molar-refractivity contribution in [1.29, 1.82) is 0 Å². The molecule has 3 atom stereocenters. The number of methoxy groups -OCH3 is 1. The van der Waals surface area contributed by atoms with E-state index in [0.29, 0.717) is 36.4 Å². The third kappa shape index (κ3) is 3.22. The second-order valence-electron chi connectivity index (χ2n) is 9.12. The normalized spacial score (nSPS) is 35.0. The number of likely N-dealkylation sites (tertiary alicyclic amines) is 2. The largest absolute Gasteiger partial charge is 0.497 e. The van der Waals surface area contributed by atoms with Crippen LogP contribution >= 0.6 is 0 Å². The number of benzene rings is 1. The molecule has 6 rings (SSSR count). The number of fused-ring (bicyclic) bond motifs is 2. The molecule has 5 aliphatic heterocycles. The maximum Gasteiger partial charge on any atom is 0.237 e. The van der Waals surface area contributed by atoms with Crippen molar-refractivity contribution in [3.8, 4) is 5.75 Å². The first-order valence-electron chi connectivity index (χ1n) is 11.1. The van der Waals surface area contributed by atoms with Crippen LogP contribution in [0.25, 0.3) is 0 Å². The van der Waals surface area contributed by atoms with Gasteiger partial charge in [0.1, 0.15) is 5.75 Å². The number of piperidine rings is 4. The summed E-state index contributed by atoms with van der Waals surface area (Å²) in [6, 6.07) is 9.46. The second kappa shape index (κ2) is 7.68. The number of hydrogen-bond donors (Lipinski definition) is 0. The fourth-order valence-corrected chi connectivity index (χ4v) is 6.25. The Labute approximate surface area is 168 Å². The zero-order chi connectivity index (χ0) is 19.1. The first kappa shape index (κ1) is 18.4. The summed E-state index contributed by atoms with van der Waals surface area (Å²) >= 11 is 0. The second-order valence-corrected chi connectivity index (χ2v) is 9.12. The lowest BCUT2D eigenvalue weighted by molar-refractivity contribution is -0.137. The fourth-order valence-electron chi connectivity index (χ4n) is 6.25. The minimum absolute atomic E-state index is 0.363. The molecule has 2 bridgehead atoms. The molecular formula is C23H33N3O2. The van der Waals surface area contributed by atoms with Crippen LogP contribution in [0.4, 0.5) is 0 Å². The number of ether oxygens (including phenoxy) is 1. The molecule has 1 aromatic rings. The number of hydrogen-bond acceptors (Lipinski definition) is 4. The van der Waals surface area contributed by atoms with Gasteiger partial charge < -0.3 is 9.64 Å². The highest BCUT2D eigenvalue weighted by Crippen LogP contribution is 2.46. The Kier molecular flexibility index (Phi) is 5.06. The van der Waals surface area contributed by atoms with Crippen molar-refractivity contribution in [2.45, 2.75) is 50.1 Å². The lowest BCUT2D eigenvalue weighted by atomic mass is 9.75. The van der Waals surface area contributed by atoms with Crippen molar-refractivity contribution >= 4 is 5.91 Å². The van der Waals surface area contributed by atoms with E-state index in [2.05, 4.69) is 39.0 Å². The Morgan fingerprint density at radius 2 is 1.71 bits per heavy atom. The number of amides is 1. The maximum absolute atomic E-state index is 13.4. The van der Waals surface area contributed by atoms with Gasteiger partial charge in [-0.05, 0) is 75.5 Å². The maximum atomic E-state index is 13.4. The van der Waals surface area contributed by atoms with Gasteiger partial charge in [-0.3, -0.25) is 14.6 Å². The van der Waals surface area contributed by atoms with E-state index < -0.39 is 0 Å². The quantitative estimate of drug-likeness (QED) is 0.801. The SMILES string of the molecule is COc1ccc([C@@H]2CN(C(=O)CN3CCCCC3)[C@@H]3C4CCN(CC4)[C@@H]32)cc1. The van der Waals surface area contributed by atoms with E-state index in [9.17, 15) is 4.79 Å². The Bertz CT molecular complexity index is 692. The van der Waals surface area contributed by atoms with Crippen LogP contribution in [0.3, 0.4) is 0 Å². The van der Waals surface area contributed by atoms with Crippen molar-refractivity contribution in [1.82, 2.24) is 14.7 Å². The van der Waals surface area contributed by atoms with Gasteiger partial charge >= 0.3 is 0 Å². The minimum Gasteiger partial charge on any atom is -0.497 e. The highest BCUT2D eigenvalue weighted by molar-refractivity contribution is 5.79. The van der Waals surface area contributed by atoms with Gasteiger partial charge in [0.05, 0.1) is 19.7 Å². The van der Waals surface area contributed by atoms with Crippen molar-refractivity contribution in [3.05, 3.63) is 29.8 Å². The van der Waals surface area contributed by atoms with Crippen LogP contribution in [-0.2, 0) is 4.79 Å². The van der Waals surface area contributed by atoms with Crippen molar-refractivity contribution < 1.29 is 9.53 Å². The molecule has 1 aromatic carbocycles. The highest BCUT2D eigenvalue weighted by Gasteiger charge is 2.54. The molecule has 0 saturated carbocycles. The average Bonchev–Trinajstić information content (AvgIpc) is 3.18. The Morgan fingerprint density at radius 1 is 1.00 bits per heavy atom. The summed E-state index contributed by atoms with van der Waals surface area (Å²) in [5, 5.41) is 0. The number of nitrogens with zero attached hydrogens (tertiary/aromatic N) is 3. The van der Waals surface area contributed by atoms with E-state index >= 15 is 0 Å². The predicted octanol–water partition coefficient (Wildman–Crippen LogP) is 2.57. The summed E-state index contributed by atoms with van der Waals surface area (Å²) in [6.07, 6.45) is 6.30. The molecule has 152 valence electrons. The van der Waals surface area contributed by atoms with Gasteiger partial charge in [0.2, 0.25) is 5.91 Å². The fraction of sp³-hybridized carbons (Fsp3) is 0.696. The zero-order valence-electron chi connectivity index (χ0n) is 17.1. The summed E-state index contributed by atoms with van der Waals surface area (Å²) in [6.45, 7) is 6.07. The molecule has 0 radical (unpaired) electrons. The molecule has 5 nitrogen and oxygen atoms in total. The third-order valence-electron chi connectivity index (χ3n) is 7.67. The summed E-state index contributed by atoms with van der Waals surface area (Å²) in [7, 11) is 1.72. The molecule has 0 unspecified atom stereocenters. The third-order valence-corrected chi connectivity index (χ3v) is 7.67. The van der Waals surface area contributed by atoms with E-state index in [0.717, 1.165) is 25.4 Å². The van der Waals surface area contributed by atoms with E-state index in [1.165, 1.54) is 50.8 Å². The van der Waals surface area contributed by atoms with Crippen LogP contribution in [0.2, 0.25) is 0 Å². The molecular weight excluding hydrogens is 350 g/mol. The summed E-state index contributed by atoms with van der Waals surface area (Å²) in [5.74, 6) is 2.37. The molecule has 5 saturated heterocycles. The van der Waals surface area contributed by atoms with Gasteiger partial charge in [0.25, 0.3) is 0 Å². The molecule has 0 aliphatic carbocycles. The Balaban J connectivity index is 1.39. The first-order valence-corrected chi connectivity index (χ1v) is 11.1. The zero-order valence-corrected chi connectivity index (χ0v) is 17.1. The van der Waals surface area contributed by atoms with Gasteiger partial charge in [-0.1, -0.05) is 18.6 Å².